The van der Waals surface area contributed by atoms with Crippen LogP contribution >= 0.6 is 23.2 Å². The van der Waals surface area contributed by atoms with Crippen molar-refractivity contribution < 1.29 is 14.2 Å². The van der Waals surface area contributed by atoms with Gasteiger partial charge in [0.05, 0.1) is 36.1 Å². The van der Waals surface area contributed by atoms with Crippen LogP contribution in [0.4, 0.5) is 11.5 Å². The van der Waals surface area contributed by atoms with Crippen LogP contribution in [-0.4, -0.2) is 49.1 Å². The minimum atomic E-state index is 0.153. The van der Waals surface area contributed by atoms with Gasteiger partial charge in [0.2, 0.25) is 0 Å². The van der Waals surface area contributed by atoms with Crippen molar-refractivity contribution in [3.63, 3.8) is 0 Å². The van der Waals surface area contributed by atoms with E-state index in [1.807, 2.05) is 0 Å². The molecular weight excluding hydrogens is 465 g/mol. The fourth-order valence-electron chi connectivity index (χ4n) is 3.47. The van der Waals surface area contributed by atoms with Crippen molar-refractivity contribution in [1.82, 2.24) is 9.97 Å². The molecule has 8 nitrogen and oxygen atoms in total. The number of nitrogens with one attached hydrogen (secondary N) is 1. The Morgan fingerprint density at radius 2 is 1.88 bits per heavy atom. The third kappa shape index (κ3) is 5.13. The van der Waals surface area contributed by atoms with E-state index in [0.717, 1.165) is 18.9 Å². The zero-order chi connectivity index (χ0) is 23.4. The molecule has 2 aromatic heterocycles. The second-order valence-electron chi connectivity index (χ2n) is 7.34. The number of halogens is 2. The SMILES string of the molecule is COc1cc(C(=N)c2cc(OCc3c(Cl)cncc3Cl)ccc2N)cnc1N1CCOCC1. The first-order valence-corrected chi connectivity index (χ1v) is 11.0. The average molecular weight is 488 g/mol. The summed E-state index contributed by atoms with van der Waals surface area (Å²) in [6, 6.07) is 6.93. The molecule has 1 saturated heterocycles. The third-order valence-electron chi connectivity index (χ3n) is 5.28. The number of pyridine rings is 2. The van der Waals surface area contributed by atoms with Gasteiger partial charge in [0, 0.05) is 54.1 Å². The first-order chi connectivity index (χ1) is 16.0. The van der Waals surface area contributed by atoms with Gasteiger partial charge in [-0.05, 0) is 24.3 Å². The van der Waals surface area contributed by atoms with Gasteiger partial charge in [-0.1, -0.05) is 23.2 Å². The lowest BCUT2D eigenvalue weighted by molar-refractivity contribution is 0.122. The van der Waals surface area contributed by atoms with Crippen molar-refractivity contribution in [3.05, 3.63) is 69.6 Å². The normalized spacial score (nSPS) is 13.6. The number of hydrogen-bond acceptors (Lipinski definition) is 8. The van der Waals surface area contributed by atoms with E-state index in [2.05, 4.69) is 14.9 Å². The van der Waals surface area contributed by atoms with E-state index in [0.29, 0.717) is 57.1 Å². The maximum Gasteiger partial charge on any atom is 0.171 e. The third-order valence-corrected chi connectivity index (χ3v) is 5.93. The van der Waals surface area contributed by atoms with Crippen molar-refractivity contribution in [3.8, 4) is 11.5 Å². The number of aromatic nitrogens is 2. The molecule has 172 valence electrons. The predicted molar refractivity (Wildman–Crippen MR) is 129 cm³/mol. The van der Waals surface area contributed by atoms with Crippen LogP contribution in [0.5, 0.6) is 11.5 Å². The number of anilines is 2. The summed E-state index contributed by atoms with van der Waals surface area (Å²) in [5.41, 5.74) is 8.56. The standard InChI is InChI=1S/C23H23Cl2N5O3/c1-31-21-8-14(10-29-23(21)30-4-6-32-7-5-30)22(27)16-9-15(2-3-20(16)26)33-13-17-18(24)11-28-12-19(17)25/h2-3,8-12,27H,4-7,13,26H2,1H3. The molecule has 1 fully saturated rings. The average Bonchev–Trinajstić information content (AvgIpc) is 2.84. The van der Waals surface area contributed by atoms with Crippen LogP contribution in [0.3, 0.4) is 0 Å². The van der Waals surface area contributed by atoms with E-state index < -0.39 is 0 Å². The minimum Gasteiger partial charge on any atom is -0.493 e. The molecule has 0 spiro atoms. The fourth-order valence-corrected chi connectivity index (χ4v) is 3.94. The van der Waals surface area contributed by atoms with Crippen LogP contribution in [0.2, 0.25) is 10.0 Å². The molecule has 0 bridgehead atoms. The molecule has 0 saturated carbocycles. The molecule has 1 aliphatic rings. The van der Waals surface area contributed by atoms with Crippen molar-refractivity contribution in [2.75, 3.05) is 44.0 Å². The van der Waals surface area contributed by atoms with Gasteiger partial charge in [-0.15, -0.1) is 0 Å². The van der Waals surface area contributed by atoms with E-state index in [4.69, 9.17) is 48.6 Å². The molecule has 0 unspecified atom stereocenters. The zero-order valence-electron chi connectivity index (χ0n) is 18.0. The number of morpholine rings is 1. The van der Waals surface area contributed by atoms with Crippen molar-refractivity contribution in [1.29, 1.82) is 5.41 Å². The summed E-state index contributed by atoms with van der Waals surface area (Å²) in [5.74, 6) is 1.85. The van der Waals surface area contributed by atoms with Crippen LogP contribution in [0.1, 0.15) is 16.7 Å². The number of rotatable bonds is 7. The fraction of sp³-hybridized carbons (Fsp3) is 0.261. The number of ether oxygens (including phenoxy) is 3. The van der Waals surface area contributed by atoms with Crippen molar-refractivity contribution >= 4 is 40.4 Å². The van der Waals surface area contributed by atoms with Gasteiger partial charge in [0.25, 0.3) is 0 Å². The topological polar surface area (TPSA) is 107 Å². The highest BCUT2D eigenvalue weighted by Crippen LogP contribution is 2.30. The first-order valence-electron chi connectivity index (χ1n) is 10.2. The second-order valence-corrected chi connectivity index (χ2v) is 8.16. The lowest BCUT2D eigenvalue weighted by Crippen LogP contribution is -2.37. The van der Waals surface area contributed by atoms with Crippen LogP contribution in [0.15, 0.2) is 42.9 Å². The molecule has 33 heavy (non-hydrogen) atoms. The van der Waals surface area contributed by atoms with Crippen LogP contribution in [0, 0.1) is 5.41 Å². The van der Waals surface area contributed by atoms with E-state index in [-0.39, 0.29) is 12.3 Å². The summed E-state index contributed by atoms with van der Waals surface area (Å²) in [7, 11) is 1.59. The van der Waals surface area contributed by atoms with Gasteiger partial charge in [-0.25, -0.2) is 4.98 Å². The second kappa shape index (κ2) is 10.2. The van der Waals surface area contributed by atoms with Crippen molar-refractivity contribution in [2.45, 2.75) is 6.61 Å². The van der Waals surface area contributed by atoms with Crippen LogP contribution in [-0.2, 0) is 11.3 Å². The van der Waals surface area contributed by atoms with Crippen LogP contribution in [0.25, 0.3) is 0 Å². The molecule has 4 rings (SSSR count). The first kappa shape index (κ1) is 23.1. The van der Waals surface area contributed by atoms with Crippen molar-refractivity contribution in [2.24, 2.45) is 0 Å². The highest BCUT2D eigenvalue weighted by molar-refractivity contribution is 6.35. The van der Waals surface area contributed by atoms with Gasteiger partial charge in [0.15, 0.2) is 11.6 Å². The van der Waals surface area contributed by atoms with Gasteiger partial charge in [0.1, 0.15) is 12.4 Å². The molecule has 1 aromatic carbocycles. The smallest absolute Gasteiger partial charge is 0.171 e. The Labute approximate surface area is 201 Å². The Hall–Kier alpha value is -3.07. The summed E-state index contributed by atoms with van der Waals surface area (Å²) in [6.07, 6.45) is 4.67. The molecule has 3 aromatic rings. The lowest BCUT2D eigenvalue weighted by Gasteiger charge is -2.29. The molecular formula is C23H23Cl2N5O3. The maximum absolute atomic E-state index is 8.74. The predicted octanol–water partition coefficient (Wildman–Crippen LogP) is 4.21. The number of nitrogens with two attached hydrogens (primary N) is 1. The number of nitrogens with zero attached hydrogens (tertiary/aromatic N) is 3. The van der Waals surface area contributed by atoms with Crippen LogP contribution < -0.4 is 20.1 Å². The number of hydrogen-bond donors (Lipinski definition) is 2. The number of methoxy groups -OCH3 is 1. The Morgan fingerprint density at radius 3 is 2.58 bits per heavy atom. The highest BCUT2D eigenvalue weighted by Gasteiger charge is 2.19. The number of nitrogen functional groups attached to an aromatic ring is 1. The Bertz CT molecular complexity index is 1150. The summed E-state index contributed by atoms with van der Waals surface area (Å²) < 4.78 is 16.8. The summed E-state index contributed by atoms with van der Waals surface area (Å²) in [6.45, 7) is 2.90. The molecule has 0 aliphatic carbocycles. The minimum absolute atomic E-state index is 0.153. The quantitative estimate of drug-likeness (QED) is 0.379. The van der Waals surface area contributed by atoms with E-state index in [9.17, 15) is 0 Å². The molecule has 10 heteroatoms. The molecule has 3 N–H and O–H groups in total. The van der Waals surface area contributed by atoms with Gasteiger partial charge in [-0.2, -0.15) is 0 Å². The summed E-state index contributed by atoms with van der Waals surface area (Å²) in [4.78, 5) is 10.6. The zero-order valence-corrected chi connectivity index (χ0v) is 19.5. The number of benzene rings is 1. The van der Waals surface area contributed by atoms with E-state index in [1.54, 1.807) is 37.6 Å². The van der Waals surface area contributed by atoms with E-state index >= 15 is 0 Å². The van der Waals surface area contributed by atoms with Gasteiger partial charge < -0.3 is 24.8 Å². The highest BCUT2D eigenvalue weighted by atomic mass is 35.5. The molecule has 1 aliphatic heterocycles. The molecule has 0 amide bonds. The Balaban J connectivity index is 1.56. The van der Waals surface area contributed by atoms with E-state index in [1.165, 1.54) is 12.4 Å². The van der Waals surface area contributed by atoms with Gasteiger partial charge >= 0.3 is 0 Å². The molecule has 3 heterocycles. The summed E-state index contributed by atoms with van der Waals surface area (Å²) in [5, 5.41) is 9.59. The Kier molecular flexibility index (Phi) is 7.17. The lowest BCUT2D eigenvalue weighted by atomic mass is 10.0. The van der Waals surface area contributed by atoms with Gasteiger partial charge in [-0.3, -0.25) is 10.4 Å². The summed E-state index contributed by atoms with van der Waals surface area (Å²) >= 11 is 12.3. The largest absolute Gasteiger partial charge is 0.493 e. The molecule has 0 radical (unpaired) electrons. The maximum atomic E-state index is 8.74. The molecule has 0 atom stereocenters. The monoisotopic (exact) mass is 487 g/mol. The Morgan fingerprint density at radius 1 is 1.15 bits per heavy atom.